The van der Waals surface area contributed by atoms with Crippen LogP contribution in [-0.4, -0.2) is 16.9 Å². The maximum absolute atomic E-state index is 5.72. The van der Waals surface area contributed by atoms with Crippen molar-refractivity contribution < 1.29 is 0 Å². The number of hydrogen-bond acceptors (Lipinski definition) is 2. The molecule has 0 radical (unpaired) electrons. The van der Waals surface area contributed by atoms with Gasteiger partial charge in [-0.1, -0.05) is 6.07 Å². The number of hydrogen-bond donors (Lipinski definition) is 1. The van der Waals surface area contributed by atoms with Crippen LogP contribution < -0.4 is 5.73 Å². The maximum atomic E-state index is 5.72. The summed E-state index contributed by atoms with van der Waals surface area (Å²) in [6.45, 7) is 4.01. The van der Waals surface area contributed by atoms with E-state index in [0.29, 0.717) is 12.3 Å². The molecule has 0 aliphatic rings. The molecule has 1 heterocycles. The van der Waals surface area contributed by atoms with E-state index in [1.165, 1.54) is 0 Å². The first-order valence-corrected chi connectivity index (χ1v) is 4.40. The summed E-state index contributed by atoms with van der Waals surface area (Å²) in [6, 6.07) is 6.04. The molecular formula is C10H15N3. The third kappa shape index (κ3) is 3.69. The van der Waals surface area contributed by atoms with Gasteiger partial charge in [0.2, 0.25) is 0 Å². The van der Waals surface area contributed by atoms with Gasteiger partial charge in [-0.2, -0.15) is 0 Å². The number of amidine groups is 1. The standard InChI is InChI=1S/C10H15N3/c1-8(2)13-10(11)7-9-5-3-4-6-12-9/h3-6,8H,7H2,1-2H3,(H2,11,13). The van der Waals surface area contributed by atoms with Gasteiger partial charge >= 0.3 is 0 Å². The third-order valence-electron chi connectivity index (χ3n) is 1.51. The lowest BCUT2D eigenvalue weighted by molar-refractivity contribution is 0.828. The zero-order chi connectivity index (χ0) is 9.68. The molecule has 0 spiro atoms. The van der Waals surface area contributed by atoms with Crippen LogP contribution in [0.1, 0.15) is 19.5 Å². The number of pyridine rings is 1. The molecule has 0 saturated heterocycles. The average Bonchev–Trinajstić information content (AvgIpc) is 2.04. The van der Waals surface area contributed by atoms with Crippen LogP contribution in [0.15, 0.2) is 29.4 Å². The Labute approximate surface area is 78.7 Å². The first kappa shape index (κ1) is 9.71. The van der Waals surface area contributed by atoms with Gasteiger partial charge in [0.15, 0.2) is 0 Å². The highest BCUT2D eigenvalue weighted by atomic mass is 14.9. The number of nitrogens with two attached hydrogens (primary N) is 1. The molecule has 0 aromatic carbocycles. The van der Waals surface area contributed by atoms with Gasteiger partial charge in [0, 0.05) is 24.4 Å². The second-order valence-corrected chi connectivity index (χ2v) is 3.21. The molecular weight excluding hydrogens is 162 g/mol. The molecule has 2 N–H and O–H groups in total. The first-order valence-electron chi connectivity index (χ1n) is 4.40. The molecule has 0 saturated carbocycles. The Kier molecular flexibility index (Phi) is 3.43. The fourth-order valence-electron chi connectivity index (χ4n) is 1.07. The summed E-state index contributed by atoms with van der Waals surface area (Å²) in [7, 11) is 0. The minimum atomic E-state index is 0.253. The highest BCUT2D eigenvalue weighted by molar-refractivity contribution is 5.82. The van der Waals surface area contributed by atoms with E-state index in [1.807, 2.05) is 32.0 Å². The SMILES string of the molecule is CC(C)N=C(N)Cc1ccccn1. The van der Waals surface area contributed by atoms with Crippen molar-refractivity contribution in [3.05, 3.63) is 30.1 Å². The number of aromatic nitrogens is 1. The molecule has 0 amide bonds. The van der Waals surface area contributed by atoms with E-state index in [0.717, 1.165) is 5.69 Å². The molecule has 0 fully saturated rings. The molecule has 0 bridgehead atoms. The van der Waals surface area contributed by atoms with Crippen LogP contribution in [0.5, 0.6) is 0 Å². The molecule has 1 rings (SSSR count). The first-order chi connectivity index (χ1) is 6.18. The summed E-state index contributed by atoms with van der Waals surface area (Å²) in [5, 5.41) is 0. The van der Waals surface area contributed by atoms with Gasteiger partial charge in [-0.05, 0) is 26.0 Å². The number of aliphatic imine (C=N–C) groups is 1. The van der Waals surface area contributed by atoms with E-state index in [4.69, 9.17) is 5.73 Å². The summed E-state index contributed by atoms with van der Waals surface area (Å²) >= 11 is 0. The lowest BCUT2D eigenvalue weighted by Crippen LogP contribution is -2.17. The zero-order valence-corrected chi connectivity index (χ0v) is 8.07. The van der Waals surface area contributed by atoms with E-state index >= 15 is 0 Å². The summed E-state index contributed by atoms with van der Waals surface area (Å²) in [4.78, 5) is 8.39. The van der Waals surface area contributed by atoms with Crippen LogP contribution in [-0.2, 0) is 6.42 Å². The summed E-state index contributed by atoms with van der Waals surface area (Å²) < 4.78 is 0. The van der Waals surface area contributed by atoms with Crippen LogP contribution in [0.4, 0.5) is 0 Å². The molecule has 3 nitrogen and oxygen atoms in total. The molecule has 0 unspecified atom stereocenters. The maximum Gasteiger partial charge on any atom is 0.100 e. The fourth-order valence-corrected chi connectivity index (χ4v) is 1.07. The quantitative estimate of drug-likeness (QED) is 0.560. The van der Waals surface area contributed by atoms with Crippen LogP contribution in [0, 0.1) is 0 Å². The van der Waals surface area contributed by atoms with Crippen LogP contribution >= 0.6 is 0 Å². The van der Waals surface area contributed by atoms with E-state index < -0.39 is 0 Å². The van der Waals surface area contributed by atoms with E-state index in [9.17, 15) is 0 Å². The molecule has 1 aromatic rings. The Morgan fingerprint density at radius 2 is 2.31 bits per heavy atom. The molecule has 0 aliphatic heterocycles. The van der Waals surface area contributed by atoms with Gasteiger partial charge in [-0.25, -0.2) is 0 Å². The Morgan fingerprint density at radius 1 is 1.54 bits per heavy atom. The Balaban J connectivity index is 2.60. The number of rotatable bonds is 3. The van der Waals surface area contributed by atoms with Crippen LogP contribution in [0.25, 0.3) is 0 Å². The smallest absolute Gasteiger partial charge is 0.100 e. The average molecular weight is 177 g/mol. The van der Waals surface area contributed by atoms with Gasteiger partial charge in [-0.15, -0.1) is 0 Å². The summed E-state index contributed by atoms with van der Waals surface area (Å²) in [6.07, 6.45) is 2.40. The lowest BCUT2D eigenvalue weighted by atomic mass is 10.2. The number of nitrogens with zero attached hydrogens (tertiary/aromatic N) is 2. The van der Waals surface area contributed by atoms with Gasteiger partial charge in [0.1, 0.15) is 5.84 Å². The normalized spacial score (nSPS) is 12.1. The molecule has 0 aliphatic carbocycles. The minimum absolute atomic E-state index is 0.253. The predicted molar refractivity (Wildman–Crippen MR) is 54.7 cm³/mol. The topological polar surface area (TPSA) is 51.3 Å². The summed E-state index contributed by atoms with van der Waals surface area (Å²) in [5.41, 5.74) is 6.68. The summed E-state index contributed by atoms with van der Waals surface area (Å²) in [5.74, 6) is 0.647. The van der Waals surface area contributed by atoms with Crippen molar-refractivity contribution in [3.8, 4) is 0 Å². The van der Waals surface area contributed by atoms with Crippen molar-refractivity contribution in [3.63, 3.8) is 0 Å². The van der Waals surface area contributed by atoms with Gasteiger partial charge in [0.05, 0.1) is 0 Å². The van der Waals surface area contributed by atoms with Gasteiger partial charge in [-0.3, -0.25) is 9.98 Å². The van der Waals surface area contributed by atoms with Crippen molar-refractivity contribution in [1.29, 1.82) is 0 Å². The Bertz CT molecular complexity index is 277. The van der Waals surface area contributed by atoms with Crippen molar-refractivity contribution in [2.24, 2.45) is 10.7 Å². The largest absolute Gasteiger partial charge is 0.387 e. The minimum Gasteiger partial charge on any atom is -0.387 e. The predicted octanol–water partition coefficient (Wildman–Crippen LogP) is 1.39. The van der Waals surface area contributed by atoms with Crippen molar-refractivity contribution in [2.45, 2.75) is 26.3 Å². The Morgan fingerprint density at radius 3 is 2.85 bits per heavy atom. The van der Waals surface area contributed by atoms with Gasteiger partial charge < -0.3 is 5.73 Å². The highest BCUT2D eigenvalue weighted by Crippen LogP contribution is 1.96. The second-order valence-electron chi connectivity index (χ2n) is 3.21. The van der Waals surface area contributed by atoms with Gasteiger partial charge in [0.25, 0.3) is 0 Å². The van der Waals surface area contributed by atoms with Crippen molar-refractivity contribution >= 4 is 5.84 Å². The molecule has 0 atom stereocenters. The van der Waals surface area contributed by atoms with E-state index in [1.54, 1.807) is 6.20 Å². The molecule has 3 heteroatoms. The highest BCUT2D eigenvalue weighted by Gasteiger charge is 1.97. The monoisotopic (exact) mass is 177 g/mol. The fraction of sp³-hybridized carbons (Fsp3) is 0.400. The van der Waals surface area contributed by atoms with Crippen LogP contribution in [0.3, 0.4) is 0 Å². The molecule has 70 valence electrons. The molecule has 13 heavy (non-hydrogen) atoms. The zero-order valence-electron chi connectivity index (χ0n) is 8.07. The third-order valence-corrected chi connectivity index (χ3v) is 1.51. The lowest BCUT2D eigenvalue weighted by Gasteiger charge is -2.02. The van der Waals surface area contributed by atoms with Crippen molar-refractivity contribution in [1.82, 2.24) is 4.98 Å². The van der Waals surface area contributed by atoms with E-state index in [-0.39, 0.29) is 6.04 Å². The van der Waals surface area contributed by atoms with Crippen molar-refractivity contribution in [2.75, 3.05) is 0 Å². The molecule has 1 aromatic heterocycles. The second kappa shape index (κ2) is 4.60. The Hall–Kier alpha value is -1.38. The van der Waals surface area contributed by atoms with Crippen LogP contribution in [0.2, 0.25) is 0 Å². The van der Waals surface area contributed by atoms with E-state index in [2.05, 4.69) is 9.98 Å².